The first-order valence-corrected chi connectivity index (χ1v) is 23.2. The summed E-state index contributed by atoms with van der Waals surface area (Å²) >= 11 is 0. The molecule has 5 aliphatic rings. The van der Waals surface area contributed by atoms with E-state index in [1.807, 2.05) is 24.3 Å². The highest BCUT2D eigenvalue weighted by atomic mass is 16.5. The van der Waals surface area contributed by atoms with Gasteiger partial charge >= 0.3 is 11.9 Å². The molecule has 4 amide bonds. The van der Waals surface area contributed by atoms with E-state index >= 15 is 0 Å². The zero-order valence-corrected chi connectivity index (χ0v) is 37.7. The zero-order valence-electron chi connectivity index (χ0n) is 37.7. The summed E-state index contributed by atoms with van der Waals surface area (Å²) in [4.78, 5) is 81.1. The summed E-state index contributed by atoms with van der Waals surface area (Å²) in [5.41, 5.74) is 1.47. The molecule has 4 bridgehead atoms. The Kier molecular flexibility index (Phi) is 18.4. The lowest BCUT2D eigenvalue weighted by Gasteiger charge is -2.34. The molecule has 7 rings (SSSR count). The van der Waals surface area contributed by atoms with Gasteiger partial charge in [0.1, 0.15) is 42.3 Å². The standard InChI is InChI=1S/C24H34N2O7.C24H32N2O6/c1-32-24(31)20-14-19(33-11-10-27)15-26(20)23(30)22(17-7-3-2-4-8-17)25-21(29)13-16-6-5-9-18(28)12-16;1-30-24(29)20-14-19-15-26(20)23(28)22(17-7-3-2-4-8-17)25-21(27)13-16-6-5-9-18(12-16)31-10-11-32-19/h5-6,9,12,17,19-20,22,27-28H,2-4,7-8,10-11,13-15H2,1H3,(H,25,29);5-6,9,12,17,19-20,22H,2-4,7-8,10-11,13-15H2,1H3,(H,25,27)/t2*19-,20+,22+/m11/s1. The van der Waals surface area contributed by atoms with Gasteiger partial charge in [0.05, 0.1) is 59.1 Å². The Bertz CT molecular complexity index is 1940. The number of likely N-dealkylation sites (tertiary alicyclic amines) is 1. The highest BCUT2D eigenvalue weighted by Crippen LogP contribution is 2.32. The van der Waals surface area contributed by atoms with Crippen molar-refractivity contribution < 1.29 is 62.7 Å². The van der Waals surface area contributed by atoms with Gasteiger partial charge in [0.25, 0.3) is 0 Å². The number of phenolic OH excluding ortho intramolecular Hbond substituents is 1. The summed E-state index contributed by atoms with van der Waals surface area (Å²) in [6, 6.07) is 11.0. The number of benzene rings is 2. The minimum Gasteiger partial charge on any atom is -0.508 e. The first-order valence-electron chi connectivity index (χ1n) is 23.2. The molecule has 6 atom stereocenters. The molecule has 4 N–H and O–H groups in total. The maximum Gasteiger partial charge on any atom is 0.328 e. The average Bonchev–Trinajstić information content (AvgIpc) is 3.96. The molecular weight excluding hydrogens is 841 g/mol. The number of phenols is 1. The van der Waals surface area contributed by atoms with E-state index in [1.54, 1.807) is 17.0 Å². The fourth-order valence-electron chi connectivity index (χ4n) is 9.92. The number of esters is 2. The second-order valence-electron chi connectivity index (χ2n) is 17.6. The van der Waals surface area contributed by atoms with E-state index in [-0.39, 0.29) is 92.4 Å². The Hall–Kier alpha value is -5.26. The molecule has 17 nitrogen and oxygen atoms in total. The third kappa shape index (κ3) is 13.6. The fourth-order valence-corrected chi connectivity index (χ4v) is 9.92. The molecule has 2 aromatic carbocycles. The van der Waals surface area contributed by atoms with E-state index in [9.17, 15) is 33.9 Å². The number of fused-ring (bicyclic) bond motifs is 4. The zero-order chi connectivity index (χ0) is 46.3. The van der Waals surface area contributed by atoms with Gasteiger partial charge in [-0.1, -0.05) is 62.8 Å². The van der Waals surface area contributed by atoms with Crippen molar-refractivity contribution >= 4 is 35.6 Å². The van der Waals surface area contributed by atoms with Crippen LogP contribution in [-0.2, 0) is 60.6 Å². The minimum absolute atomic E-state index is 0.0184. The Balaban J connectivity index is 0.000000215. The van der Waals surface area contributed by atoms with Crippen LogP contribution in [0.5, 0.6) is 11.5 Å². The molecule has 2 aromatic rings. The predicted octanol–water partition coefficient (Wildman–Crippen LogP) is 3.00. The molecule has 2 saturated carbocycles. The number of hydrogen-bond acceptors (Lipinski definition) is 13. The molecule has 4 fully saturated rings. The molecular formula is C48H66N4O13. The molecule has 3 aliphatic heterocycles. The van der Waals surface area contributed by atoms with Crippen LogP contribution in [0, 0.1) is 11.8 Å². The quantitative estimate of drug-likeness (QED) is 0.239. The second-order valence-corrected chi connectivity index (χ2v) is 17.6. The Morgan fingerprint density at radius 2 is 1.57 bits per heavy atom. The summed E-state index contributed by atoms with van der Waals surface area (Å²) in [5.74, 6) is -1.23. The maximum absolute atomic E-state index is 13.7. The molecule has 3 heterocycles. The van der Waals surface area contributed by atoms with Gasteiger partial charge in [-0.15, -0.1) is 0 Å². The number of aliphatic hydroxyl groups is 1. The van der Waals surface area contributed by atoms with Crippen molar-refractivity contribution in [2.24, 2.45) is 11.8 Å². The van der Waals surface area contributed by atoms with Gasteiger partial charge < -0.3 is 54.3 Å². The number of methoxy groups -OCH3 is 2. The van der Waals surface area contributed by atoms with Gasteiger partial charge in [-0.2, -0.15) is 0 Å². The van der Waals surface area contributed by atoms with Gasteiger partial charge in [-0.3, -0.25) is 19.2 Å². The molecule has 0 unspecified atom stereocenters. The van der Waals surface area contributed by atoms with Crippen molar-refractivity contribution in [1.82, 2.24) is 20.4 Å². The predicted molar refractivity (Wildman–Crippen MR) is 235 cm³/mol. The van der Waals surface area contributed by atoms with Gasteiger partial charge in [-0.05, 0) is 72.9 Å². The van der Waals surface area contributed by atoms with Gasteiger partial charge in [0.2, 0.25) is 23.6 Å². The van der Waals surface area contributed by atoms with E-state index in [4.69, 9.17) is 28.8 Å². The first-order chi connectivity index (χ1) is 31.5. The highest BCUT2D eigenvalue weighted by molar-refractivity contribution is 5.93. The normalized spacial score (nSPS) is 24.8. The largest absolute Gasteiger partial charge is 0.508 e. The topological polar surface area (TPSA) is 220 Å². The smallest absolute Gasteiger partial charge is 0.328 e. The van der Waals surface area contributed by atoms with Crippen molar-refractivity contribution in [3.63, 3.8) is 0 Å². The van der Waals surface area contributed by atoms with Crippen LogP contribution in [0.2, 0.25) is 0 Å². The lowest BCUT2D eigenvalue weighted by molar-refractivity contribution is -0.152. The van der Waals surface area contributed by atoms with Crippen molar-refractivity contribution in [3.05, 3.63) is 59.7 Å². The van der Waals surface area contributed by atoms with E-state index in [0.717, 1.165) is 69.8 Å². The Morgan fingerprint density at radius 3 is 2.28 bits per heavy atom. The first kappa shape index (κ1) is 49.2. The minimum atomic E-state index is -0.791. The molecule has 0 spiro atoms. The third-order valence-electron chi connectivity index (χ3n) is 13.1. The van der Waals surface area contributed by atoms with Crippen LogP contribution in [0.15, 0.2) is 48.5 Å². The average molecular weight is 907 g/mol. The number of rotatable bonds is 11. The van der Waals surface area contributed by atoms with E-state index in [0.29, 0.717) is 37.5 Å². The van der Waals surface area contributed by atoms with Crippen molar-refractivity contribution in [2.75, 3.05) is 53.7 Å². The Labute approximate surface area is 380 Å². The van der Waals surface area contributed by atoms with E-state index < -0.39 is 36.1 Å². The number of aromatic hydroxyl groups is 1. The lowest BCUT2D eigenvalue weighted by Crippen LogP contribution is -2.55. The van der Waals surface area contributed by atoms with Gasteiger partial charge in [0, 0.05) is 25.9 Å². The number of carbonyl (C=O) groups excluding carboxylic acids is 6. The number of hydrogen-bond donors (Lipinski definition) is 4. The second kappa shape index (κ2) is 24.3. The van der Waals surface area contributed by atoms with Crippen LogP contribution in [0.25, 0.3) is 0 Å². The number of aliphatic hydroxyl groups excluding tert-OH is 1. The summed E-state index contributed by atoms with van der Waals surface area (Å²) < 4.78 is 27.2. The van der Waals surface area contributed by atoms with Crippen LogP contribution in [0.1, 0.15) is 88.2 Å². The van der Waals surface area contributed by atoms with Crippen LogP contribution in [0.3, 0.4) is 0 Å². The number of nitrogens with zero attached hydrogens (tertiary/aromatic N) is 2. The molecule has 65 heavy (non-hydrogen) atoms. The van der Waals surface area contributed by atoms with E-state index in [1.165, 1.54) is 31.3 Å². The third-order valence-corrected chi connectivity index (χ3v) is 13.1. The molecule has 0 radical (unpaired) electrons. The van der Waals surface area contributed by atoms with Gasteiger partial charge in [-0.25, -0.2) is 9.59 Å². The number of amides is 4. The fraction of sp³-hybridized carbons (Fsp3) is 0.625. The van der Waals surface area contributed by atoms with Crippen LogP contribution in [-0.4, -0.2) is 146 Å². The lowest BCUT2D eigenvalue weighted by atomic mass is 9.83. The summed E-state index contributed by atoms with van der Waals surface area (Å²) in [6.07, 6.45) is 9.88. The van der Waals surface area contributed by atoms with Crippen molar-refractivity contribution in [1.29, 1.82) is 0 Å². The monoisotopic (exact) mass is 906 g/mol. The summed E-state index contributed by atoms with van der Waals surface area (Å²) in [5, 5.41) is 24.7. The Morgan fingerprint density at radius 1 is 0.862 bits per heavy atom. The van der Waals surface area contributed by atoms with Crippen molar-refractivity contribution in [3.8, 4) is 11.5 Å². The molecule has 356 valence electrons. The summed E-state index contributed by atoms with van der Waals surface area (Å²) in [6.45, 7) is 1.15. The van der Waals surface area contributed by atoms with Crippen LogP contribution in [0.4, 0.5) is 0 Å². The number of carbonyl (C=O) groups is 6. The van der Waals surface area contributed by atoms with Crippen LogP contribution >= 0.6 is 0 Å². The number of nitrogens with one attached hydrogen (secondary N) is 2. The SMILES string of the molecule is COC(=O)[C@@H]1C[C@@H](OCCO)CN1C(=O)[C@@H](NC(=O)Cc1cccc(O)c1)C1CCCCC1.COC(=O)[C@@H]1C[C@@H]2CN1C(=O)[C@H](C1CCCCC1)NC(=O)Cc1cccc(c1)OCCO2. The highest BCUT2D eigenvalue weighted by Gasteiger charge is 2.46. The van der Waals surface area contributed by atoms with E-state index in [2.05, 4.69) is 10.6 Å². The summed E-state index contributed by atoms with van der Waals surface area (Å²) in [7, 11) is 2.61. The maximum atomic E-state index is 13.7. The molecule has 0 aromatic heterocycles. The van der Waals surface area contributed by atoms with Gasteiger partial charge in [0.15, 0.2) is 0 Å². The molecule has 2 aliphatic carbocycles. The molecule has 17 heteroatoms. The van der Waals surface area contributed by atoms with Crippen LogP contribution < -0.4 is 15.4 Å². The molecule has 2 saturated heterocycles. The number of ether oxygens (including phenoxy) is 5. The van der Waals surface area contributed by atoms with Crippen molar-refractivity contribution in [2.45, 2.75) is 126 Å².